The zero-order valence-electron chi connectivity index (χ0n) is 9.24. The first-order chi connectivity index (χ1) is 7.77. The van der Waals surface area contributed by atoms with Crippen LogP contribution in [-0.4, -0.2) is 22.8 Å². The average molecular weight is 219 g/mol. The van der Waals surface area contributed by atoms with Gasteiger partial charge in [0.15, 0.2) is 11.5 Å². The second-order valence-electron chi connectivity index (χ2n) is 4.85. The first-order valence-corrected chi connectivity index (χ1v) is 6.04. The Kier molecular flexibility index (Phi) is 2.28. The summed E-state index contributed by atoms with van der Waals surface area (Å²) in [5, 5.41) is 22.9. The second-order valence-corrected chi connectivity index (χ2v) is 4.85. The summed E-state index contributed by atoms with van der Waals surface area (Å²) in [7, 11) is 0. The van der Waals surface area contributed by atoms with Gasteiger partial charge >= 0.3 is 0 Å². The van der Waals surface area contributed by atoms with Crippen LogP contribution in [-0.2, 0) is 6.42 Å². The molecule has 0 saturated carbocycles. The third-order valence-corrected chi connectivity index (χ3v) is 3.99. The molecule has 1 aliphatic carbocycles. The number of phenolic OH excluding ortho intramolecular Hbond substituents is 2. The largest absolute Gasteiger partial charge is 0.504 e. The van der Waals surface area contributed by atoms with Gasteiger partial charge in [0, 0.05) is 11.6 Å². The fourth-order valence-electron chi connectivity index (χ4n) is 3.18. The molecule has 1 unspecified atom stereocenters. The monoisotopic (exact) mass is 219 g/mol. The number of rotatable bonds is 0. The highest BCUT2D eigenvalue weighted by Crippen LogP contribution is 2.43. The van der Waals surface area contributed by atoms with Crippen molar-refractivity contribution >= 4 is 0 Å². The standard InChI is InChI=1S/C13H17NO2/c15-12-6-4-8-9-2-1-7-14-11(9)5-3-10(8)13(12)16/h4,6,9,11,14-16H,1-3,5,7H2/t9?,11-/m0/s1. The summed E-state index contributed by atoms with van der Waals surface area (Å²) in [5.74, 6) is 0.631. The van der Waals surface area contributed by atoms with Gasteiger partial charge in [0.05, 0.1) is 0 Å². The summed E-state index contributed by atoms with van der Waals surface area (Å²) >= 11 is 0. The molecule has 0 spiro atoms. The van der Waals surface area contributed by atoms with Gasteiger partial charge in [-0.2, -0.15) is 0 Å². The minimum Gasteiger partial charge on any atom is -0.504 e. The molecule has 0 radical (unpaired) electrons. The molecule has 1 fully saturated rings. The van der Waals surface area contributed by atoms with Gasteiger partial charge in [-0.15, -0.1) is 0 Å². The predicted molar refractivity (Wildman–Crippen MR) is 61.9 cm³/mol. The van der Waals surface area contributed by atoms with E-state index >= 15 is 0 Å². The smallest absolute Gasteiger partial charge is 0.160 e. The number of hydrogen-bond acceptors (Lipinski definition) is 3. The van der Waals surface area contributed by atoms with Crippen molar-refractivity contribution in [2.24, 2.45) is 0 Å². The van der Waals surface area contributed by atoms with E-state index in [1.807, 2.05) is 6.07 Å². The van der Waals surface area contributed by atoms with Crippen molar-refractivity contribution < 1.29 is 10.2 Å². The van der Waals surface area contributed by atoms with E-state index in [2.05, 4.69) is 5.32 Å². The summed E-state index contributed by atoms with van der Waals surface area (Å²) in [6, 6.07) is 4.16. The molecule has 16 heavy (non-hydrogen) atoms. The van der Waals surface area contributed by atoms with E-state index in [1.54, 1.807) is 6.07 Å². The highest BCUT2D eigenvalue weighted by molar-refractivity contribution is 5.51. The van der Waals surface area contributed by atoms with Crippen molar-refractivity contribution in [3.05, 3.63) is 23.3 Å². The fourth-order valence-corrected chi connectivity index (χ4v) is 3.18. The van der Waals surface area contributed by atoms with E-state index in [0.29, 0.717) is 12.0 Å². The highest BCUT2D eigenvalue weighted by Gasteiger charge is 2.32. The maximum absolute atomic E-state index is 9.86. The average Bonchev–Trinajstić information content (AvgIpc) is 2.33. The van der Waals surface area contributed by atoms with Crippen LogP contribution in [0.2, 0.25) is 0 Å². The van der Waals surface area contributed by atoms with Gasteiger partial charge in [-0.3, -0.25) is 0 Å². The predicted octanol–water partition coefficient (Wildman–Crippen LogP) is 1.88. The van der Waals surface area contributed by atoms with Crippen LogP contribution in [0.3, 0.4) is 0 Å². The number of benzene rings is 1. The summed E-state index contributed by atoms with van der Waals surface area (Å²) in [6.07, 6.45) is 4.32. The fraction of sp³-hybridized carbons (Fsp3) is 0.538. The van der Waals surface area contributed by atoms with Crippen LogP contribution < -0.4 is 5.32 Å². The molecule has 3 rings (SSSR count). The van der Waals surface area contributed by atoms with Gasteiger partial charge in [0.2, 0.25) is 0 Å². The Morgan fingerprint density at radius 1 is 1.19 bits per heavy atom. The van der Waals surface area contributed by atoms with Crippen LogP contribution in [0.5, 0.6) is 11.5 Å². The maximum Gasteiger partial charge on any atom is 0.160 e. The third kappa shape index (κ3) is 1.39. The maximum atomic E-state index is 9.86. The first-order valence-electron chi connectivity index (χ1n) is 6.04. The minimum atomic E-state index is 0.0148. The van der Waals surface area contributed by atoms with Crippen molar-refractivity contribution in [1.82, 2.24) is 5.32 Å². The van der Waals surface area contributed by atoms with E-state index in [9.17, 15) is 10.2 Å². The molecule has 3 N–H and O–H groups in total. The lowest BCUT2D eigenvalue weighted by atomic mass is 9.75. The number of piperidine rings is 1. The van der Waals surface area contributed by atoms with E-state index in [0.717, 1.165) is 24.9 Å². The topological polar surface area (TPSA) is 52.5 Å². The van der Waals surface area contributed by atoms with Gasteiger partial charge in [-0.05, 0) is 49.8 Å². The summed E-state index contributed by atoms with van der Waals surface area (Å²) in [4.78, 5) is 0. The van der Waals surface area contributed by atoms with Crippen LogP contribution >= 0.6 is 0 Å². The molecule has 2 aliphatic rings. The van der Waals surface area contributed by atoms with Gasteiger partial charge in [-0.25, -0.2) is 0 Å². The number of fused-ring (bicyclic) bond motifs is 3. The molecular weight excluding hydrogens is 202 g/mol. The third-order valence-electron chi connectivity index (χ3n) is 3.99. The summed E-state index contributed by atoms with van der Waals surface area (Å²) < 4.78 is 0. The lowest BCUT2D eigenvalue weighted by molar-refractivity contribution is 0.312. The lowest BCUT2D eigenvalue weighted by Gasteiger charge is -2.38. The summed E-state index contributed by atoms with van der Waals surface area (Å²) in [5.41, 5.74) is 2.20. The highest BCUT2D eigenvalue weighted by atomic mass is 16.3. The Morgan fingerprint density at radius 3 is 2.94 bits per heavy atom. The molecule has 2 atom stereocenters. The van der Waals surface area contributed by atoms with Crippen LogP contribution in [0, 0.1) is 0 Å². The number of aromatic hydroxyl groups is 2. The molecule has 3 nitrogen and oxygen atoms in total. The van der Waals surface area contributed by atoms with Crippen molar-refractivity contribution in [1.29, 1.82) is 0 Å². The Labute approximate surface area is 95.1 Å². The number of phenols is 2. The van der Waals surface area contributed by atoms with Gasteiger partial charge in [0.1, 0.15) is 0 Å². The van der Waals surface area contributed by atoms with E-state index in [-0.39, 0.29) is 11.5 Å². The second kappa shape index (κ2) is 3.67. The minimum absolute atomic E-state index is 0.0148. The van der Waals surface area contributed by atoms with Crippen molar-refractivity contribution in [2.75, 3.05) is 6.54 Å². The SMILES string of the molecule is Oc1ccc2c(c1O)CC[C@@H]1NCCCC21. The first kappa shape index (κ1) is 9.97. The van der Waals surface area contributed by atoms with Crippen molar-refractivity contribution in [3.8, 4) is 11.5 Å². The molecule has 1 saturated heterocycles. The molecule has 0 amide bonds. The normalized spacial score (nSPS) is 28.2. The van der Waals surface area contributed by atoms with Crippen LogP contribution in [0.15, 0.2) is 12.1 Å². The van der Waals surface area contributed by atoms with Crippen LogP contribution in [0.25, 0.3) is 0 Å². The quantitative estimate of drug-likeness (QED) is 0.584. The van der Waals surface area contributed by atoms with Gasteiger partial charge in [0.25, 0.3) is 0 Å². The Hall–Kier alpha value is -1.22. The molecule has 86 valence electrons. The number of hydrogen-bond donors (Lipinski definition) is 3. The molecule has 0 bridgehead atoms. The van der Waals surface area contributed by atoms with Gasteiger partial charge < -0.3 is 15.5 Å². The Morgan fingerprint density at radius 2 is 2.06 bits per heavy atom. The molecule has 1 heterocycles. The van der Waals surface area contributed by atoms with Crippen molar-refractivity contribution in [2.45, 2.75) is 37.6 Å². The molecule has 3 heteroatoms. The molecule has 1 aromatic carbocycles. The zero-order chi connectivity index (χ0) is 11.1. The molecule has 1 aliphatic heterocycles. The van der Waals surface area contributed by atoms with Gasteiger partial charge in [-0.1, -0.05) is 6.07 Å². The Bertz CT molecular complexity index is 417. The Balaban J connectivity index is 2.05. The van der Waals surface area contributed by atoms with E-state index in [4.69, 9.17) is 0 Å². The van der Waals surface area contributed by atoms with E-state index in [1.165, 1.54) is 18.4 Å². The molecular formula is C13H17NO2. The molecule has 0 aromatic heterocycles. The van der Waals surface area contributed by atoms with Crippen molar-refractivity contribution in [3.63, 3.8) is 0 Å². The summed E-state index contributed by atoms with van der Waals surface area (Å²) in [6.45, 7) is 1.11. The zero-order valence-corrected chi connectivity index (χ0v) is 9.24. The van der Waals surface area contributed by atoms with Crippen LogP contribution in [0.1, 0.15) is 36.3 Å². The van der Waals surface area contributed by atoms with E-state index < -0.39 is 0 Å². The van der Waals surface area contributed by atoms with Crippen LogP contribution in [0.4, 0.5) is 0 Å². The number of nitrogens with one attached hydrogen (secondary N) is 1. The lowest BCUT2D eigenvalue weighted by Crippen LogP contribution is -2.42. The molecule has 1 aromatic rings.